The lowest BCUT2D eigenvalue weighted by atomic mass is 9.85. The number of likely N-dealkylation sites (tertiary alicyclic amines) is 2. The van der Waals surface area contributed by atoms with Crippen LogP contribution in [0.25, 0.3) is 0 Å². The van der Waals surface area contributed by atoms with Gasteiger partial charge in [0.05, 0.1) is 5.41 Å². The van der Waals surface area contributed by atoms with Gasteiger partial charge in [0, 0.05) is 32.4 Å². The maximum Gasteiger partial charge on any atom is 0.237 e. The summed E-state index contributed by atoms with van der Waals surface area (Å²) in [6.45, 7) is 2.20. The Bertz CT molecular complexity index is 763. The van der Waals surface area contributed by atoms with Crippen LogP contribution in [0.15, 0.2) is 30.3 Å². The highest BCUT2D eigenvalue weighted by atomic mass is 32.2. The normalized spacial score (nSPS) is 23.6. The van der Waals surface area contributed by atoms with Crippen molar-refractivity contribution in [1.29, 1.82) is 0 Å². The first-order valence-corrected chi connectivity index (χ1v) is 10.6. The minimum absolute atomic E-state index is 0.109. The predicted octanol–water partition coefficient (Wildman–Crippen LogP) is 0.725. The molecule has 1 aromatic carbocycles. The molecule has 7 heteroatoms. The molecule has 1 unspecified atom stereocenters. The molecule has 0 radical (unpaired) electrons. The zero-order chi connectivity index (χ0) is 18.1. The first kappa shape index (κ1) is 17.9. The average Bonchev–Trinajstić information content (AvgIpc) is 3.12. The van der Waals surface area contributed by atoms with Crippen molar-refractivity contribution in [2.75, 3.05) is 38.2 Å². The summed E-state index contributed by atoms with van der Waals surface area (Å²) in [7, 11) is -3.35. The molecule has 136 valence electrons. The van der Waals surface area contributed by atoms with Gasteiger partial charge in [-0.3, -0.25) is 9.59 Å². The molecule has 2 aliphatic rings. The third kappa shape index (κ3) is 4.03. The minimum atomic E-state index is -3.35. The van der Waals surface area contributed by atoms with Crippen LogP contribution in [0.2, 0.25) is 0 Å². The van der Waals surface area contributed by atoms with E-state index in [9.17, 15) is 18.0 Å². The number of carbonyl (C=O) groups is 2. The number of sulfone groups is 1. The highest BCUT2D eigenvalue weighted by Crippen LogP contribution is 2.40. The Balaban J connectivity index is 1.59. The van der Waals surface area contributed by atoms with Crippen LogP contribution in [-0.2, 0) is 25.8 Å². The van der Waals surface area contributed by atoms with Gasteiger partial charge in [-0.2, -0.15) is 0 Å². The first-order chi connectivity index (χ1) is 11.8. The molecule has 1 aromatic rings. The van der Waals surface area contributed by atoms with Gasteiger partial charge in [-0.15, -0.1) is 0 Å². The van der Waals surface area contributed by atoms with E-state index in [2.05, 4.69) is 12.1 Å². The summed E-state index contributed by atoms with van der Waals surface area (Å²) in [5, 5.41) is 0. The number of hydrogen-bond acceptors (Lipinski definition) is 4. The second-order valence-corrected chi connectivity index (χ2v) is 9.33. The van der Waals surface area contributed by atoms with Crippen LogP contribution < -0.4 is 0 Å². The second kappa shape index (κ2) is 6.78. The van der Waals surface area contributed by atoms with E-state index in [1.165, 1.54) is 5.56 Å². The van der Waals surface area contributed by atoms with Gasteiger partial charge in [-0.1, -0.05) is 30.3 Å². The van der Waals surface area contributed by atoms with E-state index < -0.39 is 26.9 Å². The Labute approximate surface area is 148 Å². The van der Waals surface area contributed by atoms with E-state index in [0.717, 1.165) is 19.1 Å². The molecule has 2 amide bonds. The van der Waals surface area contributed by atoms with Gasteiger partial charge in [-0.25, -0.2) is 8.42 Å². The van der Waals surface area contributed by atoms with Gasteiger partial charge < -0.3 is 9.80 Å². The molecule has 2 heterocycles. The summed E-state index contributed by atoms with van der Waals surface area (Å²) >= 11 is 0. The molecule has 2 aliphatic heterocycles. The monoisotopic (exact) mass is 364 g/mol. The number of amides is 2. The average molecular weight is 364 g/mol. The molecule has 1 spiro atoms. The molecule has 0 aromatic heterocycles. The number of hydrogen-bond donors (Lipinski definition) is 0. The van der Waals surface area contributed by atoms with Gasteiger partial charge in [0.15, 0.2) is 9.84 Å². The van der Waals surface area contributed by atoms with Crippen molar-refractivity contribution in [2.45, 2.75) is 19.3 Å². The Morgan fingerprint density at radius 1 is 1.16 bits per heavy atom. The molecule has 1 atom stereocenters. The number of carbonyl (C=O) groups excluding carboxylic acids is 2. The van der Waals surface area contributed by atoms with Crippen molar-refractivity contribution in [2.24, 2.45) is 5.41 Å². The summed E-state index contributed by atoms with van der Waals surface area (Å²) in [6.07, 6.45) is 3.24. The summed E-state index contributed by atoms with van der Waals surface area (Å²) in [5.41, 5.74) is 0.691. The number of rotatable bonds is 5. The summed E-state index contributed by atoms with van der Waals surface area (Å²) in [5.74, 6) is -0.761. The van der Waals surface area contributed by atoms with Crippen LogP contribution in [0.1, 0.15) is 18.4 Å². The SMILES string of the molecule is CS(=O)(=O)CC(=O)N1CCC2(CCN(CCc3ccccc3)C2=O)C1. The smallest absolute Gasteiger partial charge is 0.237 e. The fourth-order valence-electron chi connectivity index (χ4n) is 3.79. The van der Waals surface area contributed by atoms with Gasteiger partial charge >= 0.3 is 0 Å². The van der Waals surface area contributed by atoms with Gasteiger partial charge in [0.2, 0.25) is 11.8 Å². The zero-order valence-electron chi connectivity index (χ0n) is 14.5. The van der Waals surface area contributed by atoms with Crippen LogP contribution in [0.3, 0.4) is 0 Å². The maximum atomic E-state index is 12.9. The quantitative estimate of drug-likeness (QED) is 0.772. The lowest BCUT2D eigenvalue weighted by Crippen LogP contribution is -2.40. The Kier molecular flexibility index (Phi) is 4.86. The molecule has 0 saturated carbocycles. The van der Waals surface area contributed by atoms with Crippen molar-refractivity contribution in [3.05, 3.63) is 35.9 Å². The highest BCUT2D eigenvalue weighted by molar-refractivity contribution is 7.91. The summed E-state index contributed by atoms with van der Waals surface area (Å²) < 4.78 is 22.6. The van der Waals surface area contributed by atoms with E-state index in [1.807, 2.05) is 23.1 Å². The number of nitrogens with zero attached hydrogens (tertiary/aromatic N) is 2. The standard InChI is InChI=1S/C18H24N2O4S/c1-25(23,24)13-16(21)20-12-9-18(14-20)8-11-19(17(18)22)10-7-15-5-3-2-4-6-15/h2-6H,7-14H2,1H3. The third-order valence-corrected chi connectivity index (χ3v) is 5.98. The van der Waals surface area contributed by atoms with Crippen LogP contribution in [-0.4, -0.2) is 68.2 Å². The fourth-order valence-corrected chi connectivity index (χ4v) is 4.43. The maximum absolute atomic E-state index is 12.9. The largest absolute Gasteiger partial charge is 0.342 e. The minimum Gasteiger partial charge on any atom is -0.342 e. The van der Waals surface area contributed by atoms with E-state index in [4.69, 9.17) is 0 Å². The van der Waals surface area contributed by atoms with E-state index >= 15 is 0 Å². The van der Waals surface area contributed by atoms with Crippen molar-refractivity contribution in [1.82, 2.24) is 9.80 Å². The van der Waals surface area contributed by atoms with Crippen LogP contribution in [0.5, 0.6) is 0 Å². The van der Waals surface area contributed by atoms with Crippen molar-refractivity contribution in [3.63, 3.8) is 0 Å². The zero-order valence-corrected chi connectivity index (χ0v) is 15.3. The molecule has 0 bridgehead atoms. The lowest BCUT2D eigenvalue weighted by molar-refractivity contribution is -0.136. The Morgan fingerprint density at radius 3 is 2.52 bits per heavy atom. The molecule has 3 rings (SSSR count). The van der Waals surface area contributed by atoms with Crippen molar-refractivity contribution < 1.29 is 18.0 Å². The lowest BCUT2D eigenvalue weighted by Gasteiger charge is -2.23. The molecule has 0 N–H and O–H groups in total. The van der Waals surface area contributed by atoms with Crippen LogP contribution in [0, 0.1) is 5.41 Å². The van der Waals surface area contributed by atoms with Gasteiger partial charge in [0.1, 0.15) is 5.75 Å². The Morgan fingerprint density at radius 2 is 1.84 bits per heavy atom. The molecule has 2 saturated heterocycles. The topological polar surface area (TPSA) is 74.8 Å². The highest BCUT2D eigenvalue weighted by Gasteiger charge is 2.51. The van der Waals surface area contributed by atoms with Crippen LogP contribution >= 0.6 is 0 Å². The van der Waals surface area contributed by atoms with Gasteiger partial charge in [-0.05, 0) is 24.8 Å². The van der Waals surface area contributed by atoms with Crippen molar-refractivity contribution >= 4 is 21.7 Å². The third-order valence-electron chi connectivity index (χ3n) is 5.21. The molecular formula is C18H24N2O4S. The fraction of sp³-hybridized carbons (Fsp3) is 0.556. The van der Waals surface area contributed by atoms with E-state index in [-0.39, 0.29) is 5.91 Å². The van der Waals surface area contributed by atoms with E-state index in [1.54, 1.807) is 4.90 Å². The van der Waals surface area contributed by atoms with E-state index in [0.29, 0.717) is 32.6 Å². The molecule has 2 fully saturated rings. The molecule has 25 heavy (non-hydrogen) atoms. The molecule has 6 nitrogen and oxygen atoms in total. The van der Waals surface area contributed by atoms with Crippen molar-refractivity contribution in [3.8, 4) is 0 Å². The Hall–Kier alpha value is -1.89. The summed E-state index contributed by atoms with van der Waals surface area (Å²) in [4.78, 5) is 28.4. The van der Waals surface area contributed by atoms with Crippen LogP contribution in [0.4, 0.5) is 0 Å². The molecule has 0 aliphatic carbocycles. The first-order valence-electron chi connectivity index (χ1n) is 8.58. The second-order valence-electron chi connectivity index (χ2n) is 7.19. The summed E-state index contributed by atoms with van der Waals surface area (Å²) in [6, 6.07) is 10.1. The van der Waals surface area contributed by atoms with Gasteiger partial charge in [0.25, 0.3) is 0 Å². The molecular weight excluding hydrogens is 340 g/mol. The number of benzene rings is 1. The predicted molar refractivity (Wildman–Crippen MR) is 94.7 cm³/mol.